The highest BCUT2D eigenvalue weighted by Crippen LogP contribution is 2.47. The molecule has 0 amide bonds. The van der Waals surface area contributed by atoms with Gasteiger partial charge in [-0.15, -0.1) is 0 Å². The molecule has 0 atom stereocenters. The van der Waals surface area contributed by atoms with Gasteiger partial charge in [0.25, 0.3) is 0 Å². The first kappa shape index (κ1) is 33.6. The van der Waals surface area contributed by atoms with E-state index in [9.17, 15) is 0 Å². The SMILES string of the molecule is c1ccc(-c2ccc(N(c3ccc4c(c3)c3c(-c5ccc6ccccc6c5)cc5ccccc5c3n4-c3ccccc3)c3ccccc3-c3ccccc3)cc2)cc1. The molecule has 0 saturated heterocycles. The molecule has 0 aliphatic heterocycles. The fourth-order valence-electron chi connectivity index (χ4n) is 8.83. The van der Waals surface area contributed by atoms with Gasteiger partial charge >= 0.3 is 0 Å². The van der Waals surface area contributed by atoms with Crippen LogP contribution >= 0.6 is 0 Å². The lowest BCUT2D eigenvalue weighted by atomic mass is 9.93. The van der Waals surface area contributed by atoms with E-state index >= 15 is 0 Å². The number of para-hydroxylation sites is 2. The third-order valence-electron chi connectivity index (χ3n) is 11.5. The summed E-state index contributed by atoms with van der Waals surface area (Å²) in [5.41, 5.74) is 14.0. The summed E-state index contributed by atoms with van der Waals surface area (Å²) in [6, 6.07) is 83.8. The molecule has 11 aromatic rings. The fraction of sp³-hybridized carbons (Fsp3) is 0. The van der Waals surface area contributed by atoms with Crippen molar-refractivity contribution >= 4 is 60.4 Å². The van der Waals surface area contributed by atoms with E-state index in [0.29, 0.717) is 0 Å². The highest BCUT2D eigenvalue weighted by molar-refractivity contribution is 6.25. The van der Waals surface area contributed by atoms with Gasteiger partial charge in [-0.1, -0.05) is 170 Å². The van der Waals surface area contributed by atoms with E-state index in [4.69, 9.17) is 0 Å². The third kappa shape index (κ3) is 5.74. The van der Waals surface area contributed by atoms with Gasteiger partial charge in [0.15, 0.2) is 0 Å². The van der Waals surface area contributed by atoms with Gasteiger partial charge in [0.2, 0.25) is 0 Å². The lowest BCUT2D eigenvalue weighted by Gasteiger charge is -2.28. The molecule has 0 spiro atoms. The van der Waals surface area contributed by atoms with E-state index in [-0.39, 0.29) is 0 Å². The Morgan fingerprint density at radius 3 is 1.69 bits per heavy atom. The highest BCUT2D eigenvalue weighted by Gasteiger charge is 2.23. The maximum atomic E-state index is 2.47. The van der Waals surface area contributed by atoms with Gasteiger partial charge in [0.1, 0.15) is 0 Å². The third-order valence-corrected chi connectivity index (χ3v) is 11.5. The Morgan fingerprint density at radius 1 is 0.328 bits per heavy atom. The molecule has 272 valence electrons. The van der Waals surface area contributed by atoms with Crippen LogP contribution in [0.5, 0.6) is 0 Å². The quantitative estimate of drug-likeness (QED) is 0.158. The van der Waals surface area contributed by atoms with Gasteiger partial charge in [-0.05, 0) is 105 Å². The molecule has 1 heterocycles. The zero-order valence-corrected chi connectivity index (χ0v) is 31.8. The number of fused-ring (bicyclic) bond motifs is 6. The molecule has 0 radical (unpaired) electrons. The van der Waals surface area contributed by atoms with Crippen LogP contribution in [0.3, 0.4) is 0 Å². The molecule has 0 aliphatic carbocycles. The molecule has 0 aliphatic rings. The normalized spacial score (nSPS) is 11.4. The monoisotopic (exact) mass is 738 g/mol. The van der Waals surface area contributed by atoms with Gasteiger partial charge in [-0.3, -0.25) is 0 Å². The summed E-state index contributed by atoms with van der Waals surface area (Å²) < 4.78 is 2.47. The fourth-order valence-corrected chi connectivity index (χ4v) is 8.83. The Labute approximate surface area is 338 Å². The van der Waals surface area contributed by atoms with Gasteiger partial charge < -0.3 is 9.47 Å². The minimum absolute atomic E-state index is 1.09. The van der Waals surface area contributed by atoms with Gasteiger partial charge in [0.05, 0.1) is 16.7 Å². The van der Waals surface area contributed by atoms with Crippen molar-refractivity contribution in [1.29, 1.82) is 0 Å². The first-order valence-corrected chi connectivity index (χ1v) is 19.9. The first-order chi connectivity index (χ1) is 28.8. The van der Waals surface area contributed by atoms with Crippen molar-refractivity contribution in [3.8, 4) is 39.1 Å². The summed E-state index contributed by atoms with van der Waals surface area (Å²) in [6.07, 6.45) is 0. The van der Waals surface area contributed by atoms with Crippen molar-refractivity contribution in [2.45, 2.75) is 0 Å². The second-order valence-corrected chi connectivity index (χ2v) is 14.9. The van der Waals surface area contributed by atoms with E-state index in [1.165, 1.54) is 76.7 Å². The Kier molecular flexibility index (Phi) is 8.19. The van der Waals surface area contributed by atoms with Crippen LogP contribution in [0, 0.1) is 0 Å². The topological polar surface area (TPSA) is 8.17 Å². The summed E-state index contributed by atoms with van der Waals surface area (Å²) in [5.74, 6) is 0. The largest absolute Gasteiger partial charge is 0.310 e. The van der Waals surface area contributed by atoms with Gasteiger partial charge in [-0.2, -0.15) is 0 Å². The average Bonchev–Trinajstić information content (AvgIpc) is 3.65. The van der Waals surface area contributed by atoms with E-state index < -0.39 is 0 Å². The number of rotatable bonds is 7. The molecule has 0 unspecified atom stereocenters. The number of benzene rings is 10. The van der Waals surface area contributed by atoms with Crippen molar-refractivity contribution in [3.63, 3.8) is 0 Å². The first-order valence-electron chi connectivity index (χ1n) is 19.9. The molecular weight excluding hydrogens is 701 g/mol. The van der Waals surface area contributed by atoms with Crippen LogP contribution in [0.15, 0.2) is 231 Å². The second-order valence-electron chi connectivity index (χ2n) is 14.9. The van der Waals surface area contributed by atoms with E-state index in [1.807, 2.05) is 0 Å². The molecule has 2 heteroatoms. The van der Waals surface area contributed by atoms with E-state index in [1.54, 1.807) is 0 Å². The number of anilines is 3. The highest BCUT2D eigenvalue weighted by atomic mass is 15.1. The van der Waals surface area contributed by atoms with Crippen molar-refractivity contribution in [3.05, 3.63) is 231 Å². The number of aromatic nitrogens is 1. The van der Waals surface area contributed by atoms with Crippen molar-refractivity contribution in [2.24, 2.45) is 0 Å². The van der Waals surface area contributed by atoms with E-state index in [2.05, 4.69) is 240 Å². The Morgan fingerprint density at radius 2 is 0.914 bits per heavy atom. The molecule has 58 heavy (non-hydrogen) atoms. The number of hydrogen-bond acceptors (Lipinski definition) is 1. The zero-order valence-electron chi connectivity index (χ0n) is 31.8. The molecule has 11 rings (SSSR count). The standard InChI is InChI=1S/C56H38N2/c1-4-16-39(17-5-1)41-30-32-47(33-31-41)57(53-27-15-14-25-49(53)42-19-6-2-7-20-42)48-34-35-54-52(38-48)55-51(45-29-28-40-18-10-11-21-43(40)36-45)37-44-22-12-13-26-50(44)56(55)58(54)46-23-8-3-9-24-46/h1-38H. The molecule has 2 nitrogen and oxygen atoms in total. The summed E-state index contributed by atoms with van der Waals surface area (Å²) in [5, 5.41) is 7.36. The minimum atomic E-state index is 1.09. The lowest BCUT2D eigenvalue weighted by Crippen LogP contribution is -2.11. The predicted molar refractivity (Wildman–Crippen MR) is 247 cm³/mol. The summed E-state index contributed by atoms with van der Waals surface area (Å²) in [4.78, 5) is 2.43. The van der Waals surface area contributed by atoms with Crippen LogP contribution in [0.2, 0.25) is 0 Å². The van der Waals surface area contributed by atoms with Crippen LogP contribution in [0.4, 0.5) is 17.1 Å². The van der Waals surface area contributed by atoms with Crippen molar-refractivity contribution in [2.75, 3.05) is 4.90 Å². The van der Waals surface area contributed by atoms with Crippen LogP contribution in [0.25, 0.3) is 82.4 Å². The maximum absolute atomic E-state index is 2.47. The smallest absolute Gasteiger partial charge is 0.0625 e. The molecule has 0 fully saturated rings. The van der Waals surface area contributed by atoms with Gasteiger partial charge in [-0.25, -0.2) is 0 Å². The van der Waals surface area contributed by atoms with Crippen LogP contribution in [-0.4, -0.2) is 4.57 Å². The van der Waals surface area contributed by atoms with E-state index in [0.717, 1.165) is 22.7 Å². The molecule has 0 N–H and O–H groups in total. The Balaban J connectivity index is 1.22. The minimum Gasteiger partial charge on any atom is -0.310 e. The molecular formula is C56H38N2. The van der Waals surface area contributed by atoms with Crippen LogP contribution in [-0.2, 0) is 0 Å². The number of nitrogens with zero attached hydrogens (tertiary/aromatic N) is 2. The van der Waals surface area contributed by atoms with Crippen molar-refractivity contribution < 1.29 is 0 Å². The zero-order chi connectivity index (χ0) is 38.4. The summed E-state index contributed by atoms with van der Waals surface area (Å²) >= 11 is 0. The predicted octanol–water partition coefficient (Wildman–Crippen LogP) is 15.6. The molecule has 0 bridgehead atoms. The molecule has 10 aromatic carbocycles. The summed E-state index contributed by atoms with van der Waals surface area (Å²) in [6.45, 7) is 0. The van der Waals surface area contributed by atoms with Crippen molar-refractivity contribution in [1.82, 2.24) is 4.57 Å². The van der Waals surface area contributed by atoms with Crippen LogP contribution < -0.4 is 4.90 Å². The summed E-state index contributed by atoms with van der Waals surface area (Å²) in [7, 11) is 0. The van der Waals surface area contributed by atoms with Gasteiger partial charge in [0, 0.05) is 38.8 Å². The second kappa shape index (κ2) is 14.1. The Hall–Kier alpha value is -7.68. The number of hydrogen-bond donors (Lipinski definition) is 0. The maximum Gasteiger partial charge on any atom is 0.0625 e. The molecule has 1 aromatic heterocycles. The Bertz CT molecular complexity index is 3250. The average molecular weight is 739 g/mol. The van der Waals surface area contributed by atoms with Crippen LogP contribution in [0.1, 0.15) is 0 Å². The molecule has 0 saturated carbocycles. The lowest BCUT2D eigenvalue weighted by molar-refractivity contribution is 1.18.